The van der Waals surface area contributed by atoms with E-state index in [2.05, 4.69) is 0 Å². The molecule has 0 spiro atoms. The lowest BCUT2D eigenvalue weighted by molar-refractivity contribution is -0.384. The molecule has 2 aromatic carbocycles. The Morgan fingerprint density at radius 1 is 1.10 bits per heavy atom. The van der Waals surface area contributed by atoms with Crippen molar-refractivity contribution in [2.75, 3.05) is 0 Å². The maximum absolute atomic E-state index is 10.7. The van der Waals surface area contributed by atoms with Gasteiger partial charge in [0, 0.05) is 29.4 Å². The number of hydrogen-bond acceptors (Lipinski definition) is 9. The normalized spacial score (nSPS) is 25.9. The highest BCUT2D eigenvalue weighted by Crippen LogP contribution is 2.27. The van der Waals surface area contributed by atoms with E-state index in [4.69, 9.17) is 42.8 Å². The molecule has 0 saturated carbocycles. The van der Waals surface area contributed by atoms with Crippen LogP contribution in [0.15, 0.2) is 48.5 Å². The van der Waals surface area contributed by atoms with Crippen LogP contribution in [0, 0.1) is 10.1 Å². The van der Waals surface area contributed by atoms with Crippen molar-refractivity contribution in [1.29, 1.82) is 0 Å². The van der Waals surface area contributed by atoms with Gasteiger partial charge in [-0.15, -0.1) is 0 Å². The van der Waals surface area contributed by atoms with Gasteiger partial charge in [0.05, 0.1) is 11.0 Å². The summed E-state index contributed by atoms with van der Waals surface area (Å²) in [7, 11) is 0. The number of rotatable bonds is 5. The van der Waals surface area contributed by atoms with Gasteiger partial charge in [-0.1, -0.05) is 11.6 Å². The second-order valence-electron chi connectivity index (χ2n) is 6.45. The predicted molar refractivity (Wildman–Crippen MR) is 110 cm³/mol. The zero-order chi connectivity index (χ0) is 21.8. The van der Waals surface area contributed by atoms with Gasteiger partial charge in [-0.2, -0.15) is 0 Å². The quantitative estimate of drug-likeness (QED) is 0.398. The number of halogens is 1. The Bertz CT molecular complexity index is 894. The van der Waals surface area contributed by atoms with Gasteiger partial charge in [0.2, 0.25) is 6.29 Å². The maximum atomic E-state index is 10.7. The molecule has 0 bridgehead atoms. The number of nitro benzene ring substituents is 1. The Kier molecular flexibility index (Phi) is 7.06. The number of benzene rings is 2. The first kappa shape index (κ1) is 22.2. The summed E-state index contributed by atoms with van der Waals surface area (Å²) in [6.45, 7) is 1.59. The molecule has 0 aromatic heterocycles. The second-order valence-corrected chi connectivity index (χ2v) is 7.22. The van der Waals surface area contributed by atoms with Crippen LogP contribution >= 0.6 is 23.8 Å². The molecule has 3 rings (SSSR count). The van der Waals surface area contributed by atoms with E-state index < -0.39 is 35.6 Å². The monoisotopic (exact) mass is 455 g/mol. The van der Waals surface area contributed by atoms with E-state index in [0.29, 0.717) is 10.8 Å². The number of aliphatic hydroxyl groups excluding tert-OH is 2. The van der Waals surface area contributed by atoms with E-state index in [1.54, 1.807) is 31.2 Å². The van der Waals surface area contributed by atoms with Crippen LogP contribution in [0.25, 0.3) is 0 Å². The third kappa shape index (κ3) is 5.35. The van der Waals surface area contributed by atoms with Gasteiger partial charge in [0.15, 0.2) is 12.2 Å². The molecule has 5 atom stereocenters. The standard InChI is InChI=1S/C19H18ClNO8S/c1-10-15(22)17(16(23)18(26-10)27-13-6-2-11(20)3-7-13)29-19(30)28-14-8-4-12(5-9-14)21(24)25/h2-10,15-18,22-23H,1H3/t10-,15-,16+,17+,18-/m0/s1. The Hall–Kier alpha value is -2.50. The predicted octanol–water partition coefficient (Wildman–Crippen LogP) is 2.84. The fraction of sp³-hybridized carbons (Fsp3) is 0.316. The molecular formula is C19H18ClNO8S. The molecule has 0 unspecified atom stereocenters. The molecule has 0 radical (unpaired) electrons. The Labute approximate surface area is 181 Å². The number of ether oxygens (including phenoxy) is 4. The van der Waals surface area contributed by atoms with Gasteiger partial charge in [-0.25, -0.2) is 0 Å². The minimum absolute atomic E-state index is 0.111. The molecule has 1 heterocycles. The smallest absolute Gasteiger partial charge is 0.358 e. The molecule has 2 aromatic rings. The van der Waals surface area contributed by atoms with Crippen molar-refractivity contribution in [3.05, 3.63) is 63.7 Å². The molecule has 9 nitrogen and oxygen atoms in total. The fourth-order valence-corrected chi connectivity index (χ4v) is 3.08. The van der Waals surface area contributed by atoms with Crippen molar-refractivity contribution >= 4 is 34.7 Å². The van der Waals surface area contributed by atoms with Crippen LogP contribution in [0.3, 0.4) is 0 Å². The highest BCUT2D eigenvalue weighted by atomic mass is 35.5. The minimum atomic E-state index is -1.40. The zero-order valence-electron chi connectivity index (χ0n) is 15.6. The summed E-state index contributed by atoms with van der Waals surface area (Å²) in [5, 5.41) is 31.8. The Morgan fingerprint density at radius 2 is 1.70 bits per heavy atom. The van der Waals surface area contributed by atoms with Crippen LogP contribution in [-0.4, -0.2) is 51.1 Å². The molecule has 1 saturated heterocycles. The molecule has 1 aliphatic heterocycles. The van der Waals surface area contributed by atoms with E-state index in [1.165, 1.54) is 24.3 Å². The van der Waals surface area contributed by atoms with Gasteiger partial charge in [0.25, 0.3) is 5.69 Å². The Morgan fingerprint density at radius 3 is 2.30 bits per heavy atom. The number of non-ortho nitro benzene ring substituents is 1. The summed E-state index contributed by atoms with van der Waals surface area (Å²) < 4.78 is 21.9. The van der Waals surface area contributed by atoms with Crippen molar-refractivity contribution in [1.82, 2.24) is 0 Å². The summed E-state index contributed by atoms with van der Waals surface area (Å²) in [6.07, 6.45) is -5.69. The van der Waals surface area contributed by atoms with Crippen molar-refractivity contribution in [3.8, 4) is 11.5 Å². The second kappa shape index (κ2) is 9.54. The van der Waals surface area contributed by atoms with Crippen LogP contribution < -0.4 is 9.47 Å². The van der Waals surface area contributed by atoms with E-state index in [9.17, 15) is 20.3 Å². The van der Waals surface area contributed by atoms with Crippen molar-refractivity contribution < 1.29 is 34.1 Å². The van der Waals surface area contributed by atoms with Crippen LogP contribution in [-0.2, 0) is 9.47 Å². The third-order valence-corrected chi connectivity index (χ3v) is 4.76. The molecule has 2 N–H and O–H groups in total. The lowest BCUT2D eigenvalue weighted by Gasteiger charge is -2.40. The van der Waals surface area contributed by atoms with Crippen LogP contribution in [0.5, 0.6) is 11.5 Å². The number of nitro groups is 1. The molecule has 1 aliphatic rings. The first-order valence-electron chi connectivity index (χ1n) is 8.81. The highest BCUT2D eigenvalue weighted by molar-refractivity contribution is 7.79. The summed E-state index contributed by atoms with van der Waals surface area (Å²) in [5.41, 5.74) is -0.111. The molecule has 30 heavy (non-hydrogen) atoms. The largest absolute Gasteiger partial charge is 0.462 e. The summed E-state index contributed by atoms with van der Waals surface area (Å²) in [5.74, 6) is 0.596. The number of nitrogens with zero attached hydrogens (tertiary/aromatic N) is 1. The van der Waals surface area contributed by atoms with E-state index in [-0.39, 0.29) is 16.7 Å². The van der Waals surface area contributed by atoms with Crippen LogP contribution in [0.4, 0.5) is 5.69 Å². The average Bonchev–Trinajstić information content (AvgIpc) is 2.71. The first-order valence-corrected chi connectivity index (χ1v) is 9.60. The lowest BCUT2D eigenvalue weighted by atomic mass is 10.00. The van der Waals surface area contributed by atoms with Crippen molar-refractivity contribution in [2.24, 2.45) is 0 Å². The summed E-state index contributed by atoms with van der Waals surface area (Å²) >= 11 is 10.9. The van der Waals surface area contributed by atoms with E-state index in [1.807, 2.05) is 0 Å². The van der Waals surface area contributed by atoms with E-state index >= 15 is 0 Å². The minimum Gasteiger partial charge on any atom is -0.462 e. The van der Waals surface area contributed by atoms with Gasteiger partial charge < -0.3 is 29.2 Å². The van der Waals surface area contributed by atoms with Gasteiger partial charge >= 0.3 is 5.24 Å². The van der Waals surface area contributed by atoms with Crippen molar-refractivity contribution in [3.63, 3.8) is 0 Å². The zero-order valence-corrected chi connectivity index (χ0v) is 17.2. The molecule has 160 valence electrons. The summed E-state index contributed by atoms with van der Waals surface area (Å²) in [6, 6.07) is 11.6. The first-order chi connectivity index (χ1) is 14.2. The van der Waals surface area contributed by atoms with E-state index in [0.717, 1.165) is 0 Å². The molecule has 0 amide bonds. The van der Waals surface area contributed by atoms with Crippen LogP contribution in [0.2, 0.25) is 5.02 Å². The Balaban J connectivity index is 1.65. The van der Waals surface area contributed by atoms with Crippen molar-refractivity contribution in [2.45, 2.75) is 37.6 Å². The number of aliphatic hydroxyl groups is 2. The number of hydrogen-bond donors (Lipinski definition) is 2. The number of thiocarbonyl (C=S) groups is 1. The molecular weight excluding hydrogens is 438 g/mol. The molecule has 1 fully saturated rings. The van der Waals surface area contributed by atoms with Gasteiger partial charge in [-0.3, -0.25) is 10.1 Å². The highest BCUT2D eigenvalue weighted by Gasteiger charge is 2.46. The molecule has 11 heteroatoms. The topological polar surface area (TPSA) is 121 Å². The van der Waals surface area contributed by atoms with Gasteiger partial charge in [-0.05, 0) is 43.3 Å². The maximum Gasteiger partial charge on any atom is 0.358 e. The average molecular weight is 456 g/mol. The lowest BCUT2D eigenvalue weighted by Crippen LogP contribution is -2.59. The SMILES string of the molecule is C[C@@H]1O[C@@H](Oc2ccc(Cl)cc2)[C@H](O)[C@H](OC(=S)Oc2ccc([N+](=O)[O-])cc2)[C@H]1O. The summed E-state index contributed by atoms with van der Waals surface area (Å²) in [4.78, 5) is 10.2. The van der Waals surface area contributed by atoms with Crippen LogP contribution in [0.1, 0.15) is 6.92 Å². The fourth-order valence-electron chi connectivity index (χ4n) is 2.75. The third-order valence-electron chi connectivity index (χ3n) is 4.33. The molecule has 0 aliphatic carbocycles. The van der Waals surface area contributed by atoms with Gasteiger partial charge in [0.1, 0.15) is 17.6 Å².